The van der Waals surface area contributed by atoms with Crippen molar-refractivity contribution in [1.29, 1.82) is 0 Å². The van der Waals surface area contributed by atoms with Gasteiger partial charge in [-0.05, 0) is 36.4 Å². The van der Waals surface area contributed by atoms with E-state index in [9.17, 15) is 9.59 Å². The molecule has 1 fully saturated rings. The fraction of sp³-hybridized carbons (Fsp3) is 0.176. The summed E-state index contributed by atoms with van der Waals surface area (Å²) in [5.74, 6) is -0.681. The molecule has 1 atom stereocenters. The summed E-state index contributed by atoms with van der Waals surface area (Å²) in [7, 11) is 0. The summed E-state index contributed by atoms with van der Waals surface area (Å²) < 4.78 is 0.892. The van der Waals surface area contributed by atoms with Crippen LogP contribution in [0.25, 0.3) is 0 Å². The Morgan fingerprint density at radius 1 is 1.21 bits per heavy atom. The minimum absolute atomic E-state index is 0.0593. The smallest absolute Gasteiger partial charge is 0.243 e. The van der Waals surface area contributed by atoms with Crippen molar-refractivity contribution >= 4 is 50.7 Å². The average molecular weight is 409 g/mol. The van der Waals surface area contributed by atoms with Crippen molar-refractivity contribution in [2.75, 3.05) is 16.9 Å². The first-order valence-corrected chi connectivity index (χ1v) is 8.57. The highest BCUT2D eigenvalue weighted by molar-refractivity contribution is 9.10. The van der Waals surface area contributed by atoms with Gasteiger partial charge in [-0.1, -0.05) is 39.7 Å². The lowest BCUT2D eigenvalue weighted by Gasteiger charge is -2.17. The van der Waals surface area contributed by atoms with Crippen LogP contribution in [0.1, 0.15) is 6.42 Å². The molecule has 2 aromatic rings. The van der Waals surface area contributed by atoms with E-state index in [4.69, 9.17) is 11.6 Å². The van der Waals surface area contributed by atoms with Crippen molar-refractivity contribution in [2.45, 2.75) is 6.42 Å². The number of benzene rings is 2. The van der Waals surface area contributed by atoms with Gasteiger partial charge in [0.05, 0.1) is 11.6 Å². The third-order valence-corrected chi connectivity index (χ3v) is 4.50. The van der Waals surface area contributed by atoms with Gasteiger partial charge in [0.15, 0.2) is 0 Å². The first kappa shape index (κ1) is 16.8. The van der Waals surface area contributed by atoms with E-state index in [-0.39, 0.29) is 18.2 Å². The van der Waals surface area contributed by atoms with Gasteiger partial charge in [0.25, 0.3) is 0 Å². The monoisotopic (exact) mass is 407 g/mol. The van der Waals surface area contributed by atoms with Gasteiger partial charge in [0, 0.05) is 28.1 Å². The number of halogens is 2. The molecular formula is C17H15BrClN3O2. The molecule has 0 aromatic heterocycles. The Hall–Kier alpha value is -2.05. The van der Waals surface area contributed by atoms with E-state index in [2.05, 4.69) is 26.8 Å². The molecule has 0 spiro atoms. The number of amides is 2. The zero-order valence-corrected chi connectivity index (χ0v) is 15.0. The van der Waals surface area contributed by atoms with Crippen LogP contribution < -0.4 is 15.8 Å². The van der Waals surface area contributed by atoms with Gasteiger partial charge in [0.2, 0.25) is 11.8 Å². The second kappa shape index (κ2) is 7.23. The molecule has 24 heavy (non-hydrogen) atoms. The van der Waals surface area contributed by atoms with Crippen LogP contribution in [-0.2, 0) is 9.59 Å². The van der Waals surface area contributed by atoms with Gasteiger partial charge >= 0.3 is 0 Å². The maximum atomic E-state index is 12.3. The largest absolute Gasteiger partial charge is 0.312 e. The summed E-state index contributed by atoms with van der Waals surface area (Å²) in [6.07, 6.45) is 0.190. The number of rotatable bonds is 4. The van der Waals surface area contributed by atoms with E-state index >= 15 is 0 Å². The van der Waals surface area contributed by atoms with Gasteiger partial charge in [-0.15, -0.1) is 0 Å². The minimum Gasteiger partial charge on any atom is -0.312 e. The van der Waals surface area contributed by atoms with Crippen molar-refractivity contribution in [3.05, 3.63) is 58.0 Å². The van der Waals surface area contributed by atoms with Crippen LogP contribution in [0, 0.1) is 5.92 Å². The first-order valence-electron chi connectivity index (χ1n) is 7.40. The molecule has 0 aliphatic carbocycles. The number of carbonyl (C=O) groups is 2. The molecule has 1 aliphatic heterocycles. The SMILES string of the molecule is O=C(NNc1cccc(Cl)c1)[C@H]1CC(=O)N(c2cccc(Br)c2)C1. The zero-order chi connectivity index (χ0) is 17.1. The van der Waals surface area contributed by atoms with Crippen LogP contribution in [0.15, 0.2) is 53.0 Å². The summed E-state index contributed by atoms with van der Waals surface area (Å²) in [5.41, 5.74) is 6.92. The predicted octanol–water partition coefficient (Wildman–Crippen LogP) is 3.60. The molecule has 1 aliphatic rings. The van der Waals surface area contributed by atoms with Gasteiger partial charge in [-0.2, -0.15) is 0 Å². The Bertz CT molecular complexity index is 784. The third-order valence-electron chi connectivity index (χ3n) is 3.77. The number of hydrogen-bond acceptors (Lipinski definition) is 3. The molecular weight excluding hydrogens is 394 g/mol. The van der Waals surface area contributed by atoms with E-state index in [1.807, 2.05) is 24.3 Å². The molecule has 2 N–H and O–H groups in total. The van der Waals surface area contributed by atoms with E-state index < -0.39 is 5.92 Å². The third kappa shape index (κ3) is 3.88. The number of anilines is 2. The van der Waals surface area contributed by atoms with Crippen LogP contribution in [0.3, 0.4) is 0 Å². The summed E-state index contributed by atoms with van der Waals surface area (Å²) in [5, 5.41) is 0.575. The summed E-state index contributed by atoms with van der Waals surface area (Å²) >= 11 is 9.29. The summed E-state index contributed by atoms with van der Waals surface area (Å²) in [6, 6.07) is 14.5. The molecule has 0 saturated carbocycles. The number of hydrogen-bond donors (Lipinski definition) is 2. The zero-order valence-electron chi connectivity index (χ0n) is 12.6. The van der Waals surface area contributed by atoms with Crippen molar-refractivity contribution < 1.29 is 9.59 Å². The lowest BCUT2D eigenvalue weighted by molar-refractivity contribution is -0.125. The minimum atomic E-state index is -0.400. The molecule has 0 radical (unpaired) electrons. The van der Waals surface area contributed by atoms with E-state index in [1.54, 1.807) is 29.2 Å². The molecule has 124 valence electrons. The highest BCUT2D eigenvalue weighted by Gasteiger charge is 2.35. The highest BCUT2D eigenvalue weighted by Crippen LogP contribution is 2.27. The molecule has 1 saturated heterocycles. The first-order chi connectivity index (χ1) is 11.5. The maximum absolute atomic E-state index is 12.3. The topological polar surface area (TPSA) is 61.4 Å². The van der Waals surface area contributed by atoms with Gasteiger partial charge in [0.1, 0.15) is 0 Å². The van der Waals surface area contributed by atoms with E-state index in [0.29, 0.717) is 17.3 Å². The second-order valence-corrected chi connectivity index (χ2v) is 6.86. The molecule has 0 unspecified atom stereocenters. The molecule has 1 heterocycles. The van der Waals surface area contributed by atoms with Crippen LogP contribution >= 0.6 is 27.5 Å². The summed E-state index contributed by atoms with van der Waals surface area (Å²) in [6.45, 7) is 0.359. The quantitative estimate of drug-likeness (QED) is 0.760. The molecule has 2 amide bonds. The van der Waals surface area contributed by atoms with E-state index in [0.717, 1.165) is 10.2 Å². The van der Waals surface area contributed by atoms with Crippen LogP contribution in [0.2, 0.25) is 5.02 Å². The number of hydrazine groups is 1. The Morgan fingerprint density at radius 2 is 2.00 bits per heavy atom. The average Bonchev–Trinajstić information content (AvgIpc) is 2.95. The molecule has 7 heteroatoms. The predicted molar refractivity (Wildman–Crippen MR) is 97.8 cm³/mol. The summed E-state index contributed by atoms with van der Waals surface area (Å²) in [4.78, 5) is 26.1. The van der Waals surface area contributed by atoms with Crippen LogP contribution in [-0.4, -0.2) is 18.4 Å². The van der Waals surface area contributed by atoms with Crippen LogP contribution in [0.5, 0.6) is 0 Å². The fourth-order valence-corrected chi connectivity index (χ4v) is 3.16. The Morgan fingerprint density at radius 3 is 2.75 bits per heavy atom. The Balaban J connectivity index is 1.61. The molecule has 3 rings (SSSR count). The Labute approximate surface area is 153 Å². The molecule has 0 bridgehead atoms. The normalized spacial score (nSPS) is 17.0. The van der Waals surface area contributed by atoms with Crippen molar-refractivity contribution in [1.82, 2.24) is 5.43 Å². The van der Waals surface area contributed by atoms with Crippen molar-refractivity contribution in [2.24, 2.45) is 5.92 Å². The highest BCUT2D eigenvalue weighted by atomic mass is 79.9. The molecule has 2 aromatic carbocycles. The second-order valence-electron chi connectivity index (χ2n) is 5.51. The standard InChI is InChI=1S/C17H15BrClN3O2/c18-12-3-1-6-15(8-12)22-10-11(7-16(22)23)17(24)21-20-14-5-2-4-13(19)9-14/h1-6,8-9,11,20H,7,10H2,(H,21,24)/t11-/m0/s1. The maximum Gasteiger partial charge on any atom is 0.243 e. The number of carbonyl (C=O) groups excluding carboxylic acids is 2. The number of nitrogens with one attached hydrogen (secondary N) is 2. The van der Waals surface area contributed by atoms with Crippen molar-refractivity contribution in [3.63, 3.8) is 0 Å². The fourth-order valence-electron chi connectivity index (χ4n) is 2.58. The molecule has 5 nitrogen and oxygen atoms in total. The van der Waals surface area contributed by atoms with Crippen molar-refractivity contribution in [3.8, 4) is 0 Å². The van der Waals surface area contributed by atoms with Gasteiger partial charge in [-0.25, -0.2) is 0 Å². The lowest BCUT2D eigenvalue weighted by Crippen LogP contribution is -2.36. The van der Waals surface area contributed by atoms with E-state index in [1.165, 1.54) is 0 Å². The Kier molecular flexibility index (Phi) is 5.06. The van der Waals surface area contributed by atoms with Gasteiger partial charge in [-0.3, -0.25) is 20.4 Å². The van der Waals surface area contributed by atoms with Crippen LogP contribution in [0.4, 0.5) is 11.4 Å². The van der Waals surface area contributed by atoms with Gasteiger partial charge < -0.3 is 4.90 Å². The number of nitrogens with zero attached hydrogens (tertiary/aromatic N) is 1. The lowest BCUT2D eigenvalue weighted by atomic mass is 10.1.